The fourth-order valence-corrected chi connectivity index (χ4v) is 2.53. The van der Waals surface area contributed by atoms with Gasteiger partial charge in [-0.3, -0.25) is 9.59 Å². The summed E-state index contributed by atoms with van der Waals surface area (Å²) in [4.78, 5) is 47.4. The molecule has 0 atom stereocenters. The second-order valence-electron chi connectivity index (χ2n) is 6.50. The average Bonchev–Trinajstić information content (AvgIpc) is 2.79. The van der Waals surface area contributed by atoms with Crippen LogP contribution in [0.2, 0.25) is 0 Å². The van der Waals surface area contributed by atoms with Gasteiger partial charge in [0.1, 0.15) is 0 Å². The second kappa shape index (κ2) is 11.5. The van der Waals surface area contributed by atoms with Gasteiger partial charge in [-0.1, -0.05) is 62.4 Å². The first-order chi connectivity index (χ1) is 14.4. The van der Waals surface area contributed by atoms with Crippen molar-refractivity contribution in [2.75, 3.05) is 13.2 Å². The largest absolute Gasteiger partial charge is 0.454 e. The number of aryl methyl sites for hydroxylation is 2. The van der Waals surface area contributed by atoms with Crippen molar-refractivity contribution in [1.29, 1.82) is 0 Å². The quantitative estimate of drug-likeness (QED) is 0.340. The highest BCUT2D eigenvalue weighted by molar-refractivity contribution is 6.00. The van der Waals surface area contributed by atoms with Gasteiger partial charge < -0.3 is 9.47 Å². The van der Waals surface area contributed by atoms with Gasteiger partial charge in [-0.15, -0.1) is 0 Å². The monoisotopic (exact) mass is 408 g/mol. The summed E-state index contributed by atoms with van der Waals surface area (Å²) < 4.78 is 9.66. The Bertz CT molecular complexity index is 846. The zero-order chi connectivity index (χ0) is 21.9. The van der Waals surface area contributed by atoms with Crippen LogP contribution in [0.5, 0.6) is 0 Å². The lowest BCUT2D eigenvalue weighted by molar-refractivity contribution is -0.139. The van der Waals surface area contributed by atoms with E-state index in [1.54, 1.807) is 24.3 Å². The molecule has 6 heteroatoms. The van der Waals surface area contributed by atoms with Gasteiger partial charge in [-0.25, -0.2) is 9.59 Å². The highest BCUT2D eigenvalue weighted by atomic mass is 16.5. The lowest BCUT2D eigenvalue weighted by Crippen LogP contribution is -2.14. The maximum Gasteiger partial charge on any atom is 0.331 e. The van der Waals surface area contributed by atoms with E-state index in [9.17, 15) is 19.2 Å². The standard InChI is InChI=1S/C24H24O6/c1-3-17-5-9-19(10-6-17)21(25)15-29-23(27)13-14-24(28)30-16-22(26)20-11-7-18(4-2)8-12-20/h5-14H,3-4,15-16H2,1-2H3/b14-13+. The molecule has 30 heavy (non-hydrogen) atoms. The van der Waals surface area contributed by atoms with Crippen LogP contribution in [0.3, 0.4) is 0 Å². The maximum atomic E-state index is 12.0. The summed E-state index contributed by atoms with van der Waals surface area (Å²) in [7, 11) is 0. The predicted octanol–water partition coefficient (Wildman–Crippen LogP) is 3.52. The van der Waals surface area contributed by atoms with E-state index >= 15 is 0 Å². The number of benzene rings is 2. The van der Waals surface area contributed by atoms with Gasteiger partial charge in [0.2, 0.25) is 0 Å². The summed E-state index contributed by atoms with van der Waals surface area (Å²) in [6, 6.07) is 14.1. The van der Waals surface area contributed by atoms with Crippen LogP contribution in [-0.2, 0) is 31.9 Å². The van der Waals surface area contributed by atoms with E-state index in [-0.39, 0.29) is 11.6 Å². The van der Waals surface area contributed by atoms with Gasteiger partial charge in [0.25, 0.3) is 0 Å². The van der Waals surface area contributed by atoms with Crippen LogP contribution in [0.1, 0.15) is 45.7 Å². The van der Waals surface area contributed by atoms with Crippen LogP contribution >= 0.6 is 0 Å². The van der Waals surface area contributed by atoms with E-state index < -0.39 is 25.2 Å². The number of hydrogen-bond acceptors (Lipinski definition) is 6. The minimum atomic E-state index is -0.855. The first-order valence-corrected chi connectivity index (χ1v) is 9.68. The summed E-state index contributed by atoms with van der Waals surface area (Å²) in [5, 5.41) is 0. The Morgan fingerprint density at radius 3 is 1.27 bits per heavy atom. The summed E-state index contributed by atoms with van der Waals surface area (Å²) in [5.74, 6) is -2.40. The zero-order valence-electron chi connectivity index (χ0n) is 17.1. The number of Topliss-reactive ketones (excluding diaryl/α,β-unsaturated/α-hetero) is 2. The van der Waals surface area contributed by atoms with Crippen LogP contribution in [0.15, 0.2) is 60.7 Å². The summed E-state index contributed by atoms with van der Waals surface area (Å²) >= 11 is 0. The van der Waals surface area contributed by atoms with Gasteiger partial charge in [0.15, 0.2) is 24.8 Å². The van der Waals surface area contributed by atoms with Crippen molar-refractivity contribution in [3.05, 3.63) is 82.9 Å². The van der Waals surface area contributed by atoms with Crippen LogP contribution in [0.25, 0.3) is 0 Å². The Balaban J connectivity index is 1.74. The van der Waals surface area contributed by atoms with E-state index in [1.807, 2.05) is 38.1 Å². The summed E-state index contributed by atoms with van der Waals surface area (Å²) in [6.07, 6.45) is 3.44. The van der Waals surface area contributed by atoms with E-state index in [0.717, 1.165) is 36.1 Å². The van der Waals surface area contributed by atoms with E-state index in [2.05, 4.69) is 0 Å². The number of carbonyl (C=O) groups is 4. The molecule has 0 aliphatic carbocycles. The highest BCUT2D eigenvalue weighted by Crippen LogP contribution is 2.07. The number of ketones is 2. The third kappa shape index (κ3) is 7.13. The van der Waals surface area contributed by atoms with Crippen molar-refractivity contribution in [3.8, 4) is 0 Å². The Morgan fingerprint density at radius 1 is 0.633 bits per heavy atom. The summed E-state index contributed by atoms with van der Waals surface area (Å²) in [6.45, 7) is 3.15. The van der Waals surface area contributed by atoms with Crippen LogP contribution in [0.4, 0.5) is 0 Å². The molecule has 0 saturated carbocycles. The zero-order valence-corrected chi connectivity index (χ0v) is 17.1. The number of ether oxygens (including phenoxy) is 2. The molecule has 0 bridgehead atoms. The normalized spacial score (nSPS) is 10.6. The fourth-order valence-electron chi connectivity index (χ4n) is 2.53. The Morgan fingerprint density at radius 2 is 0.967 bits per heavy atom. The van der Waals surface area contributed by atoms with Crippen molar-refractivity contribution in [3.63, 3.8) is 0 Å². The predicted molar refractivity (Wildman–Crippen MR) is 111 cm³/mol. The fraction of sp³-hybridized carbons (Fsp3) is 0.250. The van der Waals surface area contributed by atoms with Crippen molar-refractivity contribution in [2.45, 2.75) is 26.7 Å². The van der Waals surface area contributed by atoms with Gasteiger partial charge >= 0.3 is 11.9 Å². The van der Waals surface area contributed by atoms with E-state index in [1.165, 1.54) is 0 Å². The third-order valence-electron chi connectivity index (χ3n) is 4.41. The lowest BCUT2D eigenvalue weighted by atomic mass is 10.1. The van der Waals surface area contributed by atoms with Crippen LogP contribution < -0.4 is 0 Å². The van der Waals surface area contributed by atoms with Gasteiger partial charge in [-0.05, 0) is 24.0 Å². The smallest absolute Gasteiger partial charge is 0.331 e. The molecule has 0 aliphatic heterocycles. The minimum absolute atomic E-state index is 0.346. The lowest BCUT2D eigenvalue weighted by Gasteiger charge is -2.04. The topological polar surface area (TPSA) is 86.7 Å². The van der Waals surface area contributed by atoms with Crippen molar-refractivity contribution < 1.29 is 28.7 Å². The number of esters is 2. The molecular weight excluding hydrogens is 384 g/mol. The molecular formula is C24H24O6. The first-order valence-electron chi connectivity index (χ1n) is 9.68. The van der Waals surface area contributed by atoms with Crippen molar-refractivity contribution in [1.82, 2.24) is 0 Å². The average molecular weight is 408 g/mol. The van der Waals surface area contributed by atoms with Crippen molar-refractivity contribution >= 4 is 23.5 Å². The van der Waals surface area contributed by atoms with E-state index in [0.29, 0.717) is 11.1 Å². The first kappa shape index (κ1) is 22.7. The molecule has 0 radical (unpaired) electrons. The second-order valence-corrected chi connectivity index (χ2v) is 6.50. The molecule has 0 heterocycles. The van der Waals surface area contributed by atoms with Crippen LogP contribution in [0, 0.1) is 0 Å². The number of rotatable bonds is 10. The number of hydrogen-bond donors (Lipinski definition) is 0. The molecule has 0 N–H and O–H groups in total. The van der Waals surface area contributed by atoms with Gasteiger partial charge in [-0.2, -0.15) is 0 Å². The molecule has 0 aliphatic rings. The van der Waals surface area contributed by atoms with Gasteiger partial charge in [0, 0.05) is 23.3 Å². The molecule has 2 aromatic carbocycles. The molecule has 0 amide bonds. The molecule has 0 unspecified atom stereocenters. The molecule has 0 saturated heterocycles. The van der Waals surface area contributed by atoms with E-state index in [4.69, 9.17) is 9.47 Å². The Kier molecular flexibility index (Phi) is 8.69. The van der Waals surface area contributed by atoms with Crippen molar-refractivity contribution in [2.24, 2.45) is 0 Å². The molecule has 0 aromatic heterocycles. The Labute approximate surface area is 175 Å². The third-order valence-corrected chi connectivity index (χ3v) is 4.41. The molecule has 0 fully saturated rings. The number of carbonyl (C=O) groups excluding carboxylic acids is 4. The molecule has 6 nitrogen and oxygen atoms in total. The maximum absolute atomic E-state index is 12.0. The SMILES string of the molecule is CCc1ccc(C(=O)COC(=O)/C=C/C(=O)OCC(=O)c2ccc(CC)cc2)cc1. The summed E-state index contributed by atoms with van der Waals surface area (Å²) in [5.41, 5.74) is 3.07. The minimum Gasteiger partial charge on any atom is -0.454 e. The molecule has 156 valence electrons. The highest BCUT2D eigenvalue weighted by Gasteiger charge is 2.10. The molecule has 2 aromatic rings. The Hall–Kier alpha value is -3.54. The van der Waals surface area contributed by atoms with Gasteiger partial charge in [0.05, 0.1) is 0 Å². The van der Waals surface area contributed by atoms with Crippen LogP contribution in [-0.4, -0.2) is 36.7 Å². The molecule has 2 rings (SSSR count). The molecule has 0 spiro atoms.